The second-order valence-electron chi connectivity index (χ2n) is 5.08. The van der Waals surface area contributed by atoms with Crippen LogP contribution in [0.25, 0.3) is 0 Å². The van der Waals surface area contributed by atoms with Crippen LogP contribution in [0, 0.1) is 0 Å². The van der Waals surface area contributed by atoms with Crippen LogP contribution < -0.4 is 10.2 Å². The smallest absolute Gasteiger partial charge is 0.369 e. The van der Waals surface area contributed by atoms with Crippen LogP contribution in [0.15, 0.2) is 22.7 Å². The zero-order chi connectivity index (χ0) is 14.8. The number of anilines is 1. The number of alkyl halides is 3. The normalized spacial score (nSPS) is 20.2. The van der Waals surface area contributed by atoms with Crippen LogP contribution in [0.2, 0.25) is 0 Å². The highest BCUT2D eigenvalue weighted by molar-refractivity contribution is 9.10. The zero-order valence-electron chi connectivity index (χ0n) is 11.3. The minimum atomic E-state index is -4.31. The first-order valence-corrected chi connectivity index (χ1v) is 7.55. The molecule has 1 aliphatic rings. The van der Waals surface area contributed by atoms with E-state index in [0.29, 0.717) is 16.2 Å². The van der Waals surface area contributed by atoms with E-state index < -0.39 is 11.7 Å². The first-order chi connectivity index (χ1) is 9.40. The molecule has 1 heterocycles. The monoisotopic (exact) mass is 350 g/mol. The first-order valence-electron chi connectivity index (χ1n) is 6.76. The Balaban J connectivity index is 2.21. The van der Waals surface area contributed by atoms with Crippen molar-refractivity contribution in [3.05, 3.63) is 28.2 Å². The molecule has 0 saturated carbocycles. The molecule has 1 N–H and O–H groups in total. The van der Waals surface area contributed by atoms with Gasteiger partial charge in [-0.25, -0.2) is 0 Å². The van der Waals surface area contributed by atoms with Crippen molar-refractivity contribution in [2.45, 2.75) is 32.0 Å². The number of hydrogen-bond acceptors (Lipinski definition) is 2. The summed E-state index contributed by atoms with van der Waals surface area (Å²) in [6, 6.07) is 4.46. The Morgan fingerprint density at radius 3 is 2.75 bits per heavy atom. The Hall–Kier alpha value is -0.750. The van der Waals surface area contributed by atoms with Crippen LogP contribution in [0.4, 0.5) is 18.9 Å². The predicted molar refractivity (Wildman–Crippen MR) is 78.1 cm³/mol. The predicted octanol–water partition coefficient (Wildman–Crippen LogP) is 4.05. The Labute approximate surface area is 125 Å². The molecular formula is C14H18BrF3N2. The molecule has 1 atom stereocenters. The molecule has 1 unspecified atom stereocenters. The molecule has 0 radical (unpaired) electrons. The molecule has 0 spiro atoms. The number of halogens is 4. The van der Waals surface area contributed by atoms with Gasteiger partial charge in [0.05, 0.1) is 5.56 Å². The van der Waals surface area contributed by atoms with Crippen LogP contribution in [0.3, 0.4) is 0 Å². The van der Waals surface area contributed by atoms with E-state index in [0.717, 1.165) is 38.5 Å². The highest BCUT2D eigenvalue weighted by Crippen LogP contribution is 2.34. The summed E-state index contributed by atoms with van der Waals surface area (Å²) in [5.41, 5.74) is 0.0294. The van der Waals surface area contributed by atoms with Crippen LogP contribution in [-0.4, -0.2) is 25.7 Å². The number of benzene rings is 1. The Morgan fingerprint density at radius 1 is 1.35 bits per heavy atom. The fourth-order valence-electron chi connectivity index (χ4n) is 2.52. The lowest BCUT2D eigenvalue weighted by Gasteiger charge is -2.35. The van der Waals surface area contributed by atoms with Crippen LogP contribution in [-0.2, 0) is 6.18 Å². The second-order valence-corrected chi connectivity index (χ2v) is 6.00. The van der Waals surface area contributed by atoms with Crippen molar-refractivity contribution in [1.29, 1.82) is 0 Å². The van der Waals surface area contributed by atoms with Gasteiger partial charge in [0.2, 0.25) is 0 Å². The van der Waals surface area contributed by atoms with Gasteiger partial charge >= 0.3 is 6.18 Å². The molecule has 1 aromatic carbocycles. The number of nitrogens with zero attached hydrogens (tertiary/aromatic N) is 1. The van der Waals surface area contributed by atoms with E-state index in [9.17, 15) is 13.2 Å². The summed E-state index contributed by atoms with van der Waals surface area (Å²) in [7, 11) is 0. The molecule has 1 saturated heterocycles. The van der Waals surface area contributed by atoms with Gasteiger partial charge in [0.1, 0.15) is 0 Å². The topological polar surface area (TPSA) is 15.3 Å². The van der Waals surface area contributed by atoms with Crippen molar-refractivity contribution in [1.82, 2.24) is 5.32 Å². The summed E-state index contributed by atoms with van der Waals surface area (Å²) >= 11 is 3.18. The summed E-state index contributed by atoms with van der Waals surface area (Å²) in [4.78, 5) is 2.02. The molecule has 0 aliphatic carbocycles. The molecule has 1 aromatic rings. The van der Waals surface area contributed by atoms with Gasteiger partial charge in [-0.05, 0) is 24.6 Å². The summed E-state index contributed by atoms with van der Waals surface area (Å²) in [5, 5.41) is 3.40. The summed E-state index contributed by atoms with van der Waals surface area (Å²) in [5.74, 6) is 0. The van der Waals surface area contributed by atoms with Crippen molar-refractivity contribution in [2.24, 2.45) is 0 Å². The molecule has 1 aliphatic heterocycles. The van der Waals surface area contributed by atoms with E-state index >= 15 is 0 Å². The van der Waals surface area contributed by atoms with Gasteiger partial charge in [-0.15, -0.1) is 0 Å². The van der Waals surface area contributed by atoms with Crippen LogP contribution >= 0.6 is 15.9 Å². The Morgan fingerprint density at radius 2 is 2.10 bits per heavy atom. The van der Waals surface area contributed by atoms with Gasteiger partial charge in [0.15, 0.2) is 0 Å². The molecule has 2 rings (SSSR count). The van der Waals surface area contributed by atoms with Gasteiger partial charge in [-0.1, -0.05) is 29.3 Å². The fourth-order valence-corrected chi connectivity index (χ4v) is 3.00. The average Bonchev–Trinajstić information content (AvgIpc) is 2.38. The van der Waals surface area contributed by atoms with Gasteiger partial charge < -0.3 is 10.2 Å². The maximum absolute atomic E-state index is 12.9. The average molecular weight is 351 g/mol. The number of nitrogens with one attached hydrogen (secondary N) is 1. The second kappa shape index (κ2) is 6.35. The fraction of sp³-hybridized carbons (Fsp3) is 0.571. The summed E-state index contributed by atoms with van der Waals surface area (Å²) in [6.07, 6.45) is -2.20. The van der Waals surface area contributed by atoms with Crippen molar-refractivity contribution >= 4 is 21.6 Å². The molecule has 20 heavy (non-hydrogen) atoms. The van der Waals surface area contributed by atoms with Gasteiger partial charge in [0.25, 0.3) is 0 Å². The molecule has 1 fully saturated rings. The van der Waals surface area contributed by atoms with E-state index in [1.54, 1.807) is 6.07 Å². The SMILES string of the molecule is CCCC1CN(c2cc(Br)cc(C(F)(F)F)c2)CCN1. The maximum Gasteiger partial charge on any atom is 0.416 e. The third kappa shape index (κ3) is 3.88. The van der Waals surface area contributed by atoms with Crippen molar-refractivity contribution < 1.29 is 13.2 Å². The number of piperazine rings is 1. The molecule has 0 amide bonds. The van der Waals surface area contributed by atoms with E-state index in [1.165, 1.54) is 6.07 Å². The van der Waals surface area contributed by atoms with Gasteiger partial charge in [0, 0.05) is 35.8 Å². The van der Waals surface area contributed by atoms with E-state index in [1.807, 2.05) is 4.90 Å². The zero-order valence-corrected chi connectivity index (χ0v) is 12.9. The largest absolute Gasteiger partial charge is 0.416 e. The lowest BCUT2D eigenvalue weighted by Crippen LogP contribution is -2.50. The van der Waals surface area contributed by atoms with E-state index in [-0.39, 0.29) is 0 Å². The number of hydrogen-bond donors (Lipinski definition) is 1. The molecule has 112 valence electrons. The van der Waals surface area contributed by atoms with Crippen molar-refractivity contribution in [3.63, 3.8) is 0 Å². The van der Waals surface area contributed by atoms with E-state index in [4.69, 9.17) is 0 Å². The minimum absolute atomic E-state index is 0.349. The van der Waals surface area contributed by atoms with Crippen LogP contribution in [0.5, 0.6) is 0 Å². The third-order valence-electron chi connectivity index (χ3n) is 3.47. The molecule has 0 aromatic heterocycles. The molecule has 2 nitrogen and oxygen atoms in total. The molecule has 0 bridgehead atoms. The molecular weight excluding hydrogens is 333 g/mol. The van der Waals surface area contributed by atoms with Crippen LogP contribution in [0.1, 0.15) is 25.3 Å². The highest BCUT2D eigenvalue weighted by atomic mass is 79.9. The third-order valence-corrected chi connectivity index (χ3v) is 3.93. The lowest BCUT2D eigenvalue weighted by molar-refractivity contribution is -0.137. The van der Waals surface area contributed by atoms with Crippen molar-refractivity contribution in [2.75, 3.05) is 24.5 Å². The van der Waals surface area contributed by atoms with E-state index in [2.05, 4.69) is 28.2 Å². The first kappa shape index (κ1) is 15.6. The van der Waals surface area contributed by atoms with Crippen molar-refractivity contribution in [3.8, 4) is 0 Å². The Bertz CT molecular complexity index is 460. The Kier molecular flexibility index (Phi) is 4.96. The summed E-state index contributed by atoms with van der Waals surface area (Å²) < 4.78 is 39.0. The maximum atomic E-state index is 12.9. The lowest BCUT2D eigenvalue weighted by atomic mass is 10.1. The van der Waals surface area contributed by atoms with Gasteiger partial charge in [-0.2, -0.15) is 13.2 Å². The quantitative estimate of drug-likeness (QED) is 0.884. The number of rotatable bonds is 3. The van der Waals surface area contributed by atoms with Gasteiger partial charge in [-0.3, -0.25) is 0 Å². The minimum Gasteiger partial charge on any atom is -0.369 e. The standard InChI is InChI=1S/C14H18BrF3N2/c1-2-3-12-9-20(5-4-19-12)13-7-10(14(16,17)18)6-11(15)8-13/h6-8,12,19H,2-5,9H2,1H3. The summed E-state index contributed by atoms with van der Waals surface area (Å²) in [6.45, 7) is 4.40. The molecule has 6 heteroatoms. The highest BCUT2D eigenvalue weighted by Gasteiger charge is 2.32.